The molecule has 1 rings (SSSR count). The Hall–Kier alpha value is 0.0800. The SMILES string of the molecule is O=S(=O)(Cl)c1cc(Cl)c(O)c(S(=O)(=O)Cl)c1Cl. The maximum Gasteiger partial charge on any atom is 0.266 e. The minimum atomic E-state index is -4.49. The van der Waals surface area contributed by atoms with Gasteiger partial charge in [0.05, 0.1) is 10.0 Å². The van der Waals surface area contributed by atoms with Gasteiger partial charge in [0.25, 0.3) is 18.1 Å². The molecular weight excluding hydrogens is 358 g/mol. The van der Waals surface area contributed by atoms with Gasteiger partial charge >= 0.3 is 0 Å². The highest BCUT2D eigenvalue weighted by Crippen LogP contribution is 2.42. The fourth-order valence-corrected chi connectivity index (χ4v) is 4.41. The van der Waals surface area contributed by atoms with E-state index in [9.17, 15) is 21.9 Å². The molecule has 0 heterocycles. The molecule has 96 valence electrons. The van der Waals surface area contributed by atoms with E-state index in [1.165, 1.54) is 0 Å². The third kappa shape index (κ3) is 3.10. The van der Waals surface area contributed by atoms with Gasteiger partial charge in [-0.25, -0.2) is 16.8 Å². The first-order valence-corrected chi connectivity index (χ1v) is 8.94. The molecule has 0 unspecified atom stereocenters. The van der Waals surface area contributed by atoms with Crippen LogP contribution in [-0.2, 0) is 18.1 Å². The third-order valence-corrected chi connectivity index (χ3v) is 5.22. The fraction of sp³-hybridized carbons (Fsp3) is 0. The average molecular weight is 360 g/mol. The summed E-state index contributed by atoms with van der Waals surface area (Å²) in [6.45, 7) is 0. The number of phenols is 1. The number of rotatable bonds is 2. The van der Waals surface area contributed by atoms with Crippen molar-refractivity contribution in [1.29, 1.82) is 0 Å². The van der Waals surface area contributed by atoms with Crippen molar-refractivity contribution in [3.05, 3.63) is 16.1 Å². The Kier molecular flexibility index (Phi) is 4.13. The molecule has 1 aromatic carbocycles. The van der Waals surface area contributed by atoms with Gasteiger partial charge in [-0.1, -0.05) is 23.2 Å². The number of hydrogen-bond donors (Lipinski definition) is 1. The van der Waals surface area contributed by atoms with Crippen molar-refractivity contribution >= 4 is 62.7 Å². The predicted molar refractivity (Wildman–Crippen MR) is 64.2 cm³/mol. The van der Waals surface area contributed by atoms with Crippen molar-refractivity contribution in [3.8, 4) is 5.75 Å². The number of benzene rings is 1. The third-order valence-electron chi connectivity index (χ3n) is 1.62. The zero-order valence-electron chi connectivity index (χ0n) is 7.49. The van der Waals surface area contributed by atoms with E-state index >= 15 is 0 Å². The van der Waals surface area contributed by atoms with E-state index < -0.39 is 43.7 Å². The molecule has 5 nitrogen and oxygen atoms in total. The molecule has 0 aromatic heterocycles. The standard InChI is InChI=1S/C6H2Cl4O5S2/c7-2-1-3(16(9,12)13)4(8)6(5(2)11)17(10,14)15/h1,11H. The van der Waals surface area contributed by atoms with E-state index in [-0.39, 0.29) is 0 Å². The minimum absolute atomic E-state index is 0.562. The molecule has 0 aliphatic rings. The van der Waals surface area contributed by atoms with Crippen LogP contribution in [0.3, 0.4) is 0 Å². The van der Waals surface area contributed by atoms with Crippen LogP contribution in [0.1, 0.15) is 0 Å². The summed E-state index contributed by atoms with van der Waals surface area (Å²) in [6.07, 6.45) is 0. The van der Waals surface area contributed by atoms with Crippen LogP contribution in [0.15, 0.2) is 15.9 Å². The highest BCUT2D eigenvalue weighted by molar-refractivity contribution is 8.14. The molecule has 0 aliphatic heterocycles. The fourth-order valence-electron chi connectivity index (χ4n) is 0.971. The first-order valence-electron chi connectivity index (χ1n) is 3.56. The van der Waals surface area contributed by atoms with Gasteiger partial charge in [0, 0.05) is 21.4 Å². The molecule has 0 spiro atoms. The van der Waals surface area contributed by atoms with Crippen LogP contribution in [0.4, 0.5) is 0 Å². The van der Waals surface area contributed by atoms with Crippen molar-refractivity contribution < 1.29 is 21.9 Å². The van der Waals surface area contributed by atoms with E-state index in [0.29, 0.717) is 6.07 Å². The topological polar surface area (TPSA) is 88.5 Å². The van der Waals surface area contributed by atoms with E-state index in [1.807, 2.05) is 0 Å². The largest absolute Gasteiger partial charge is 0.505 e. The van der Waals surface area contributed by atoms with Gasteiger partial charge in [0.15, 0.2) is 5.75 Å². The van der Waals surface area contributed by atoms with Crippen molar-refractivity contribution in [1.82, 2.24) is 0 Å². The molecule has 1 aromatic rings. The Bertz CT molecular complexity index is 679. The van der Waals surface area contributed by atoms with Crippen LogP contribution in [0.5, 0.6) is 5.75 Å². The highest BCUT2D eigenvalue weighted by Gasteiger charge is 2.29. The maximum absolute atomic E-state index is 11.1. The molecular formula is C6H2Cl4O5S2. The Morgan fingerprint density at radius 2 is 1.47 bits per heavy atom. The quantitative estimate of drug-likeness (QED) is 0.819. The summed E-state index contributed by atoms with van der Waals surface area (Å²) in [6, 6.07) is 0.715. The normalized spacial score (nSPS) is 12.7. The molecule has 1 N–H and O–H groups in total. The van der Waals surface area contributed by atoms with Gasteiger partial charge in [0.2, 0.25) is 0 Å². The molecule has 0 saturated heterocycles. The van der Waals surface area contributed by atoms with Gasteiger partial charge in [0.1, 0.15) is 9.79 Å². The molecule has 0 saturated carbocycles. The van der Waals surface area contributed by atoms with Crippen molar-refractivity contribution in [2.75, 3.05) is 0 Å². The summed E-state index contributed by atoms with van der Waals surface area (Å²) >= 11 is 11.0. The van der Waals surface area contributed by atoms with Crippen LogP contribution in [0.2, 0.25) is 10.0 Å². The lowest BCUT2D eigenvalue weighted by atomic mass is 10.3. The second-order valence-electron chi connectivity index (χ2n) is 2.72. The van der Waals surface area contributed by atoms with Crippen molar-refractivity contribution in [2.45, 2.75) is 9.79 Å². The second kappa shape index (κ2) is 4.64. The number of aromatic hydroxyl groups is 1. The van der Waals surface area contributed by atoms with Gasteiger partial charge in [-0.05, 0) is 6.07 Å². The number of phenolic OH excluding ortho intramolecular Hbond substituents is 1. The highest BCUT2D eigenvalue weighted by atomic mass is 35.7. The molecule has 0 atom stereocenters. The molecule has 17 heavy (non-hydrogen) atoms. The molecule has 0 aliphatic carbocycles. The Morgan fingerprint density at radius 1 is 1.00 bits per heavy atom. The van der Waals surface area contributed by atoms with Gasteiger partial charge in [-0.15, -0.1) is 0 Å². The van der Waals surface area contributed by atoms with Gasteiger partial charge in [-0.3, -0.25) is 0 Å². The average Bonchev–Trinajstić information content (AvgIpc) is 2.07. The lowest BCUT2D eigenvalue weighted by Crippen LogP contribution is -2.00. The Morgan fingerprint density at radius 3 is 1.82 bits per heavy atom. The molecule has 0 amide bonds. The molecule has 0 radical (unpaired) electrons. The van der Waals surface area contributed by atoms with Crippen LogP contribution < -0.4 is 0 Å². The summed E-state index contributed by atoms with van der Waals surface area (Å²) < 4.78 is 44.5. The smallest absolute Gasteiger partial charge is 0.266 e. The minimum Gasteiger partial charge on any atom is -0.505 e. The Balaban J connectivity index is 3.93. The van der Waals surface area contributed by atoms with Crippen LogP contribution >= 0.6 is 44.6 Å². The summed E-state index contributed by atoms with van der Waals surface area (Å²) in [5, 5.41) is 8.00. The first-order chi connectivity index (χ1) is 7.46. The number of halogens is 4. The van der Waals surface area contributed by atoms with Crippen molar-refractivity contribution in [2.24, 2.45) is 0 Å². The van der Waals surface area contributed by atoms with E-state index in [1.54, 1.807) is 0 Å². The van der Waals surface area contributed by atoms with Crippen LogP contribution in [-0.4, -0.2) is 21.9 Å². The maximum atomic E-state index is 11.1. The zero-order chi connectivity index (χ0) is 13.6. The van der Waals surface area contributed by atoms with Crippen LogP contribution in [0, 0.1) is 0 Å². The van der Waals surface area contributed by atoms with E-state index in [0.717, 1.165) is 0 Å². The molecule has 0 fully saturated rings. The summed E-state index contributed by atoms with van der Waals surface area (Å²) in [7, 11) is 1.19. The van der Waals surface area contributed by atoms with Gasteiger partial charge in [-0.2, -0.15) is 0 Å². The summed E-state index contributed by atoms with van der Waals surface area (Å²) in [5.41, 5.74) is 0. The summed E-state index contributed by atoms with van der Waals surface area (Å²) in [5.74, 6) is -0.948. The predicted octanol–water partition coefficient (Wildman–Crippen LogP) is 2.55. The van der Waals surface area contributed by atoms with Gasteiger partial charge < -0.3 is 5.11 Å². The summed E-state index contributed by atoms with van der Waals surface area (Å²) in [4.78, 5) is -1.77. The monoisotopic (exact) mass is 358 g/mol. The second-order valence-corrected chi connectivity index (χ2v) is 8.55. The number of hydrogen-bond acceptors (Lipinski definition) is 5. The van der Waals surface area contributed by atoms with Crippen LogP contribution in [0.25, 0.3) is 0 Å². The first kappa shape index (κ1) is 15.1. The Labute approximate surface area is 116 Å². The lowest BCUT2D eigenvalue weighted by molar-refractivity contribution is 0.459. The van der Waals surface area contributed by atoms with E-state index in [2.05, 4.69) is 0 Å². The van der Waals surface area contributed by atoms with E-state index in [4.69, 9.17) is 44.6 Å². The lowest BCUT2D eigenvalue weighted by Gasteiger charge is -2.08. The molecule has 0 bridgehead atoms. The molecule has 11 heteroatoms. The van der Waals surface area contributed by atoms with Crippen molar-refractivity contribution in [3.63, 3.8) is 0 Å². The zero-order valence-corrected chi connectivity index (χ0v) is 12.1.